The highest BCUT2D eigenvalue weighted by atomic mass is 31.2. The van der Waals surface area contributed by atoms with E-state index in [1.807, 2.05) is 30.3 Å². The minimum absolute atomic E-state index is 0.130. The van der Waals surface area contributed by atoms with E-state index in [0.29, 0.717) is 25.1 Å². The van der Waals surface area contributed by atoms with Gasteiger partial charge < -0.3 is 34.4 Å². The van der Waals surface area contributed by atoms with Crippen LogP contribution in [0.1, 0.15) is 24.1 Å². The van der Waals surface area contributed by atoms with Gasteiger partial charge in [0.2, 0.25) is 0 Å². The Morgan fingerprint density at radius 3 is 2.19 bits per heavy atom. The van der Waals surface area contributed by atoms with E-state index in [9.17, 15) is 33.8 Å². The second kappa shape index (κ2) is 8.71. The molecule has 0 saturated heterocycles. The molecule has 0 aliphatic carbocycles. The molecule has 0 aliphatic heterocycles. The molecule has 0 saturated carbocycles. The van der Waals surface area contributed by atoms with Gasteiger partial charge >= 0.3 is 15.2 Å². The Morgan fingerprint density at radius 2 is 1.59 bits per heavy atom. The van der Waals surface area contributed by atoms with Gasteiger partial charge in [-0.3, -0.25) is 9.13 Å². The fourth-order valence-electron chi connectivity index (χ4n) is 2.63. The monoisotopic (exact) mass is 419 g/mol. The van der Waals surface area contributed by atoms with Crippen LogP contribution >= 0.6 is 15.2 Å². The van der Waals surface area contributed by atoms with Crippen LogP contribution in [0.5, 0.6) is 5.75 Å². The Kier molecular flexibility index (Phi) is 7.05. The normalized spacial score (nSPS) is 12.9. The molecule has 0 aliphatic rings. The van der Waals surface area contributed by atoms with Crippen molar-refractivity contribution >= 4 is 15.2 Å². The standard InChI is InChI=1S/C16H23NO8P2/c18-16(26(19,20)21,27(22,23)24)10-8-15-13(9-11-17-15)5-4-12-25-14-6-2-1-3-7-14/h1-3,6-7,9,11,17-18H,4-5,8,10,12H2,(H2,19,20,21)(H2,22,23,24). The fourth-order valence-corrected chi connectivity index (χ4v) is 4.79. The van der Waals surface area contributed by atoms with E-state index in [-0.39, 0.29) is 6.42 Å². The van der Waals surface area contributed by atoms with Gasteiger partial charge in [0, 0.05) is 18.3 Å². The predicted molar refractivity (Wildman–Crippen MR) is 98.4 cm³/mol. The molecule has 6 N–H and O–H groups in total. The Morgan fingerprint density at radius 1 is 0.963 bits per heavy atom. The first-order chi connectivity index (χ1) is 12.5. The molecule has 1 aromatic heterocycles. The van der Waals surface area contributed by atoms with E-state index in [0.717, 1.165) is 11.3 Å². The van der Waals surface area contributed by atoms with Crippen LogP contribution in [-0.4, -0.2) is 41.4 Å². The zero-order valence-corrected chi connectivity index (χ0v) is 16.2. The van der Waals surface area contributed by atoms with Crippen LogP contribution in [0.15, 0.2) is 42.6 Å². The maximum absolute atomic E-state index is 11.4. The van der Waals surface area contributed by atoms with Gasteiger partial charge in [-0.15, -0.1) is 0 Å². The maximum atomic E-state index is 11.4. The lowest BCUT2D eigenvalue weighted by Gasteiger charge is -2.29. The molecule has 2 rings (SSSR count). The number of H-pyrrole nitrogens is 1. The lowest BCUT2D eigenvalue weighted by molar-refractivity contribution is 0.123. The Hall–Kier alpha value is -1.44. The van der Waals surface area contributed by atoms with Crippen molar-refractivity contribution in [2.45, 2.75) is 30.8 Å². The van der Waals surface area contributed by atoms with Gasteiger partial charge in [0.25, 0.3) is 5.08 Å². The van der Waals surface area contributed by atoms with Crippen LogP contribution in [0.4, 0.5) is 0 Å². The first kappa shape index (κ1) is 21.9. The number of para-hydroxylation sites is 1. The summed E-state index contributed by atoms with van der Waals surface area (Å²) in [5.74, 6) is 0.750. The third-order valence-corrected chi connectivity index (χ3v) is 8.05. The van der Waals surface area contributed by atoms with Gasteiger partial charge in [0.1, 0.15) is 5.75 Å². The van der Waals surface area contributed by atoms with Gasteiger partial charge in [0.05, 0.1) is 6.61 Å². The summed E-state index contributed by atoms with van der Waals surface area (Å²) in [6, 6.07) is 11.1. The smallest absolute Gasteiger partial charge is 0.369 e. The highest BCUT2D eigenvalue weighted by molar-refractivity contribution is 7.72. The van der Waals surface area contributed by atoms with Gasteiger partial charge in [0.15, 0.2) is 0 Å². The second-order valence-electron chi connectivity index (χ2n) is 6.11. The average Bonchev–Trinajstić information content (AvgIpc) is 3.03. The van der Waals surface area contributed by atoms with Crippen LogP contribution in [0, 0.1) is 0 Å². The van der Waals surface area contributed by atoms with Crippen molar-refractivity contribution in [3.8, 4) is 5.75 Å². The summed E-state index contributed by atoms with van der Waals surface area (Å²) >= 11 is 0. The molecule has 0 radical (unpaired) electrons. The molecule has 0 spiro atoms. The third kappa shape index (κ3) is 5.53. The molecule has 11 heteroatoms. The molecule has 9 nitrogen and oxygen atoms in total. The number of aromatic nitrogens is 1. The molecule has 27 heavy (non-hydrogen) atoms. The Balaban J connectivity index is 1.94. The molecule has 1 aromatic carbocycles. The van der Waals surface area contributed by atoms with E-state index in [2.05, 4.69) is 4.98 Å². The topological polar surface area (TPSA) is 160 Å². The number of aromatic amines is 1. The van der Waals surface area contributed by atoms with E-state index >= 15 is 0 Å². The average molecular weight is 419 g/mol. The zero-order chi connectivity index (χ0) is 20.1. The number of rotatable bonds is 10. The van der Waals surface area contributed by atoms with Gasteiger partial charge in [-0.1, -0.05) is 18.2 Å². The van der Waals surface area contributed by atoms with Gasteiger partial charge in [-0.05, 0) is 43.0 Å². The molecule has 1 heterocycles. The minimum Gasteiger partial charge on any atom is -0.494 e. The van der Waals surface area contributed by atoms with Crippen molar-refractivity contribution in [1.82, 2.24) is 4.98 Å². The molecule has 2 aromatic rings. The SMILES string of the molecule is O=P(O)(O)C(O)(CCc1[nH]ccc1CCCOc1ccccc1)P(=O)(O)O. The molecule has 150 valence electrons. The van der Waals surface area contributed by atoms with E-state index in [1.54, 1.807) is 12.3 Å². The van der Waals surface area contributed by atoms with Crippen molar-refractivity contribution in [2.24, 2.45) is 0 Å². The van der Waals surface area contributed by atoms with E-state index in [4.69, 9.17) is 4.74 Å². The van der Waals surface area contributed by atoms with Crippen molar-refractivity contribution in [3.63, 3.8) is 0 Å². The van der Waals surface area contributed by atoms with Crippen LogP contribution in [0.25, 0.3) is 0 Å². The van der Waals surface area contributed by atoms with Crippen LogP contribution in [-0.2, 0) is 22.0 Å². The highest BCUT2D eigenvalue weighted by Crippen LogP contribution is 2.69. The largest absolute Gasteiger partial charge is 0.494 e. The first-order valence-electron chi connectivity index (χ1n) is 8.21. The molecule has 0 atom stereocenters. The van der Waals surface area contributed by atoms with Crippen molar-refractivity contribution in [2.75, 3.05) is 6.61 Å². The van der Waals surface area contributed by atoms with Crippen LogP contribution in [0.2, 0.25) is 0 Å². The molecular formula is C16H23NO8P2. The quantitative estimate of drug-likeness (QED) is 0.252. The lowest BCUT2D eigenvalue weighted by Crippen LogP contribution is -2.29. The van der Waals surface area contributed by atoms with Crippen LogP contribution < -0.4 is 4.74 Å². The summed E-state index contributed by atoms with van der Waals surface area (Å²) in [6.45, 7) is 0.462. The van der Waals surface area contributed by atoms with E-state index in [1.165, 1.54) is 0 Å². The number of hydrogen-bond acceptors (Lipinski definition) is 4. The summed E-state index contributed by atoms with van der Waals surface area (Å²) < 4.78 is 28.4. The predicted octanol–water partition coefficient (Wildman–Crippen LogP) is 1.96. The maximum Gasteiger partial charge on any atom is 0.369 e. The summed E-state index contributed by atoms with van der Waals surface area (Å²) in [7, 11) is -10.9. The molecule has 0 unspecified atom stereocenters. The van der Waals surface area contributed by atoms with Gasteiger partial charge in [-0.2, -0.15) is 0 Å². The molecule has 0 amide bonds. The highest BCUT2D eigenvalue weighted by Gasteiger charge is 2.58. The number of aryl methyl sites for hydroxylation is 2. The number of benzene rings is 1. The van der Waals surface area contributed by atoms with Crippen molar-refractivity contribution < 1.29 is 38.5 Å². The fraction of sp³-hybridized carbons (Fsp3) is 0.375. The Labute approximate surface area is 156 Å². The first-order valence-corrected chi connectivity index (χ1v) is 11.4. The van der Waals surface area contributed by atoms with Crippen molar-refractivity contribution in [3.05, 3.63) is 53.9 Å². The Bertz CT molecular complexity index is 804. The summed E-state index contributed by atoms with van der Waals surface area (Å²) in [6.07, 6.45) is 1.97. The molecule has 0 fully saturated rings. The summed E-state index contributed by atoms with van der Waals surface area (Å²) in [4.78, 5) is 39.7. The summed E-state index contributed by atoms with van der Waals surface area (Å²) in [5.41, 5.74) is 1.38. The van der Waals surface area contributed by atoms with Crippen molar-refractivity contribution in [1.29, 1.82) is 0 Å². The third-order valence-electron chi connectivity index (χ3n) is 4.18. The number of hydrogen-bond donors (Lipinski definition) is 6. The van der Waals surface area contributed by atoms with Crippen LogP contribution in [0.3, 0.4) is 0 Å². The zero-order valence-electron chi connectivity index (χ0n) is 14.4. The number of nitrogens with one attached hydrogen (secondary N) is 1. The van der Waals surface area contributed by atoms with Gasteiger partial charge in [-0.25, -0.2) is 0 Å². The number of ether oxygens (including phenoxy) is 1. The molecule has 0 bridgehead atoms. The minimum atomic E-state index is -5.44. The summed E-state index contributed by atoms with van der Waals surface area (Å²) in [5, 5.41) is 6.55. The lowest BCUT2D eigenvalue weighted by atomic mass is 10.1. The number of aliphatic hydroxyl groups is 1. The van der Waals surface area contributed by atoms with E-state index < -0.39 is 26.7 Å². The second-order valence-corrected chi connectivity index (χ2v) is 10.1. The molecular weight excluding hydrogens is 396 g/mol.